The largest absolute Gasteiger partial charge is 0.447 e. The second-order valence-corrected chi connectivity index (χ2v) is 12.3. The highest BCUT2D eigenvalue weighted by Gasteiger charge is 2.41. The van der Waals surface area contributed by atoms with Gasteiger partial charge < -0.3 is 10.1 Å². The van der Waals surface area contributed by atoms with Gasteiger partial charge in [-0.3, -0.25) is 9.89 Å². The van der Waals surface area contributed by atoms with E-state index in [2.05, 4.69) is 15.5 Å². The number of hydrogen-bond donors (Lipinski definition) is 2. The Hall–Kier alpha value is -3.72. The Kier molecular flexibility index (Phi) is 9.31. The number of rotatable bonds is 10. The van der Waals surface area contributed by atoms with E-state index in [-0.39, 0.29) is 30.8 Å². The van der Waals surface area contributed by atoms with E-state index in [1.807, 2.05) is 36.5 Å². The van der Waals surface area contributed by atoms with Crippen LogP contribution in [0.1, 0.15) is 35.2 Å². The topological polar surface area (TPSA) is 87.3 Å². The van der Waals surface area contributed by atoms with Crippen molar-refractivity contribution in [2.24, 2.45) is 5.92 Å². The minimum atomic E-state index is -0.627. The van der Waals surface area contributed by atoms with E-state index < -0.39 is 18.1 Å². The summed E-state index contributed by atoms with van der Waals surface area (Å²) in [6, 6.07) is 19.3. The van der Waals surface area contributed by atoms with Gasteiger partial charge in [0.05, 0.1) is 12.2 Å². The van der Waals surface area contributed by atoms with Crippen molar-refractivity contribution in [3.8, 4) is 11.1 Å². The first-order chi connectivity index (χ1) is 21.4. The molecule has 2 N–H and O–H groups in total. The average molecular weight is 636 g/mol. The number of fused-ring (bicyclic) bond motifs is 1. The van der Waals surface area contributed by atoms with Crippen LogP contribution in [0.15, 0.2) is 72.9 Å². The highest BCUT2D eigenvalue weighted by molar-refractivity contribution is 6.36. The van der Waals surface area contributed by atoms with Gasteiger partial charge in [0.15, 0.2) is 0 Å². The summed E-state index contributed by atoms with van der Waals surface area (Å²) in [6.07, 6.45) is 5.23. The van der Waals surface area contributed by atoms with E-state index in [0.29, 0.717) is 35.0 Å². The van der Waals surface area contributed by atoms with Crippen molar-refractivity contribution in [3.63, 3.8) is 0 Å². The van der Waals surface area contributed by atoms with Crippen molar-refractivity contribution in [1.82, 2.24) is 20.4 Å². The van der Waals surface area contributed by atoms with E-state index in [0.717, 1.165) is 36.0 Å². The molecule has 2 amide bonds. The molecule has 6 rings (SSSR count). The second kappa shape index (κ2) is 13.5. The zero-order valence-corrected chi connectivity index (χ0v) is 25.6. The molecule has 0 saturated carbocycles. The van der Waals surface area contributed by atoms with Crippen molar-refractivity contribution in [2.45, 2.75) is 50.6 Å². The van der Waals surface area contributed by atoms with Crippen molar-refractivity contribution < 1.29 is 18.7 Å². The molecule has 1 aliphatic carbocycles. The molecule has 1 saturated heterocycles. The number of halogens is 3. The lowest BCUT2D eigenvalue weighted by Crippen LogP contribution is -2.45. The van der Waals surface area contributed by atoms with Crippen LogP contribution >= 0.6 is 23.2 Å². The Morgan fingerprint density at radius 2 is 1.84 bits per heavy atom. The van der Waals surface area contributed by atoms with Gasteiger partial charge in [-0.25, -0.2) is 14.1 Å². The van der Waals surface area contributed by atoms with E-state index in [9.17, 15) is 14.0 Å². The maximum Gasteiger partial charge on any atom is 0.416 e. The van der Waals surface area contributed by atoms with Gasteiger partial charge in [0.2, 0.25) is 5.91 Å². The van der Waals surface area contributed by atoms with E-state index in [1.54, 1.807) is 24.3 Å². The fourth-order valence-electron chi connectivity index (χ4n) is 6.18. The number of nitrogens with zero attached hydrogens (tertiary/aromatic N) is 2. The lowest BCUT2D eigenvalue weighted by atomic mass is 9.91. The minimum Gasteiger partial charge on any atom is -0.447 e. The molecule has 0 bridgehead atoms. The molecule has 1 aliphatic heterocycles. The van der Waals surface area contributed by atoms with Crippen LogP contribution in [-0.2, 0) is 35.2 Å². The molecule has 44 heavy (non-hydrogen) atoms. The van der Waals surface area contributed by atoms with Gasteiger partial charge in [-0.2, -0.15) is 5.10 Å². The van der Waals surface area contributed by atoms with E-state index in [4.69, 9.17) is 27.9 Å². The van der Waals surface area contributed by atoms with Crippen molar-refractivity contribution in [2.75, 3.05) is 13.2 Å². The zero-order valence-electron chi connectivity index (χ0n) is 24.1. The Balaban J connectivity index is 1.22. The molecule has 4 aromatic rings. The van der Waals surface area contributed by atoms with Crippen LogP contribution < -0.4 is 5.32 Å². The number of aryl methyl sites for hydroxylation is 1. The number of aromatic amines is 1. The number of ether oxygens (including phenoxy) is 1. The predicted molar refractivity (Wildman–Crippen MR) is 168 cm³/mol. The van der Waals surface area contributed by atoms with Crippen LogP contribution in [0.2, 0.25) is 10.0 Å². The number of cyclic esters (lactones) is 1. The quantitative estimate of drug-likeness (QED) is 0.200. The SMILES string of the molecule is O=C1OC[C@@H](Cc2ccccc2)N1C(=O)[C@@H](CCN[C@H]1CCc2[nH]ncc2C1)Cc1c(Cl)cc(-c2ccc(F)cc2)cc1Cl. The van der Waals surface area contributed by atoms with Crippen molar-refractivity contribution >= 4 is 35.2 Å². The molecule has 10 heteroatoms. The van der Waals surface area contributed by atoms with Gasteiger partial charge in [-0.05, 0) is 97.2 Å². The first kappa shape index (κ1) is 30.3. The van der Waals surface area contributed by atoms with Crippen LogP contribution in [0.3, 0.4) is 0 Å². The molecule has 0 radical (unpaired) electrons. The normalized spacial score (nSPS) is 18.6. The molecular weight excluding hydrogens is 602 g/mol. The number of carbonyl (C=O) groups excluding carboxylic acids is 2. The summed E-state index contributed by atoms with van der Waals surface area (Å²) in [5.74, 6) is -1.21. The lowest BCUT2D eigenvalue weighted by Gasteiger charge is -2.27. The minimum absolute atomic E-state index is 0.146. The molecule has 0 spiro atoms. The Morgan fingerprint density at radius 1 is 1.09 bits per heavy atom. The molecule has 1 fully saturated rings. The summed E-state index contributed by atoms with van der Waals surface area (Å²) in [7, 11) is 0. The highest BCUT2D eigenvalue weighted by Crippen LogP contribution is 2.35. The second-order valence-electron chi connectivity index (χ2n) is 11.5. The summed E-state index contributed by atoms with van der Waals surface area (Å²) in [4.78, 5) is 28.4. The summed E-state index contributed by atoms with van der Waals surface area (Å²) >= 11 is 13.6. The highest BCUT2D eigenvalue weighted by atomic mass is 35.5. The summed E-state index contributed by atoms with van der Waals surface area (Å²) < 4.78 is 18.9. The number of amides is 2. The number of carbonyl (C=O) groups is 2. The molecule has 2 heterocycles. The fourth-order valence-corrected chi connectivity index (χ4v) is 6.82. The number of benzene rings is 3. The molecule has 228 valence electrons. The van der Waals surface area contributed by atoms with Crippen molar-refractivity contribution in [3.05, 3.63) is 111 Å². The van der Waals surface area contributed by atoms with Gasteiger partial charge in [0.25, 0.3) is 0 Å². The maximum absolute atomic E-state index is 14.2. The third-order valence-electron chi connectivity index (χ3n) is 8.57. The zero-order chi connectivity index (χ0) is 30.6. The lowest BCUT2D eigenvalue weighted by molar-refractivity contribution is -0.133. The standard InChI is InChI=1S/C34H33Cl2FN4O3/c35-30-17-24(22-6-8-26(37)9-7-22)18-31(36)29(30)16-23(12-13-38-27-10-11-32-25(15-27)19-39-40-32)33(42)41-28(20-44-34(41)43)14-21-4-2-1-3-5-21/h1-9,17-19,23,27-28,38H,10-16,20H2,(H,39,40)/t23-,27-,28+/m0/s1. The maximum atomic E-state index is 14.2. The van der Waals surface area contributed by atoms with Gasteiger partial charge in [0, 0.05) is 27.7 Å². The van der Waals surface area contributed by atoms with Gasteiger partial charge in [0.1, 0.15) is 12.4 Å². The number of nitrogens with one attached hydrogen (secondary N) is 2. The number of hydrogen-bond acceptors (Lipinski definition) is 5. The number of H-pyrrole nitrogens is 1. The van der Waals surface area contributed by atoms with Crippen LogP contribution in [0.4, 0.5) is 9.18 Å². The fraction of sp³-hybridized carbons (Fsp3) is 0.324. The summed E-state index contributed by atoms with van der Waals surface area (Å²) in [5, 5.41) is 11.7. The van der Waals surface area contributed by atoms with E-state index >= 15 is 0 Å². The monoisotopic (exact) mass is 634 g/mol. The van der Waals surface area contributed by atoms with Crippen molar-refractivity contribution in [1.29, 1.82) is 0 Å². The third kappa shape index (κ3) is 6.83. The smallest absolute Gasteiger partial charge is 0.416 e. The molecule has 3 aromatic carbocycles. The molecule has 3 atom stereocenters. The van der Waals surface area contributed by atoms with Gasteiger partial charge in [-0.15, -0.1) is 0 Å². The third-order valence-corrected chi connectivity index (χ3v) is 9.25. The van der Waals surface area contributed by atoms with Crippen LogP contribution in [0, 0.1) is 11.7 Å². The molecular formula is C34H33Cl2FN4O3. The average Bonchev–Trinajstić information content (AvgIpc) is 3.64. The first-order valence-corrected chi connectivity index (χ1v) is 15.6. The van der Waals surface area contributed by atoms with Gasteiger partial charge >= 0.3 is 6.09 Å². The molecule has 0 unspecified atom stereocenters. The Bertz CT molecular complexity index is 1610. The molecule has 7 nitrogen and oxygen atoms in total. The number of aromatic nitrogens is 2. The summed E-state index contributed by atoms with van der Waals surface area (Å²) in [5.41, 5.74) is 5.56. The predicted octanol–water partition coefficient (Wildman–Crippen LogP) is 6.81. The van der Waals surface area contributed by atoms with Crippen LogP contribution in [-0.4, -0.2) is 52.3 Å². The summed E-state index contributed by atoms with van der Waals surface area (Å²) in [6.45, 7) is 0.719. The van der Waals surface area contributed by atoms with Crippen LogP contribution in [0.25, 0.3) is 11.1 Å². The van der Waals surface area contributed by atoms with Crippen LogP contribution in [0.5, 0.6) is 0 Å². The van der Waals surface area contributed by atoms with Gasteiger partial charge in [-0.1, -0.05) is 65.7 Å². The number of imide groups is 1. The molecule has 2 aliphatic rings. The molecule has 1 aromatic heterocycles. The van der Waals surface area contributed by atoms with E-state index in [1.165, 1.54) is 28.3 Å². The Morgan fingerprint density at radius 3 is 2.59 bits per heavy atom. The first-order valence-electron chi connectivity index (χ1n) is 14.9. The Labute approximate surface area is 265 Å².